The Morgan fingerprint density at radius 2 is 2.00 bits per heavy atom. The first-order chi connectivity index (χ1) is 11.2. The SMILES string of the molecule is COCC(O)CCNC(C)c1cc2c(ccc3ccccc32)o1. The Morgan fingerprint density at radius 3 is 2.83 bits per heavy atom. The molecule has 2 atom stereocenters. The highest BCUT2D eigenvalue weighted by Gasteiger charge is 2.13. The summed E-state index contributed by atoms with van der Waals surface area (Å²) in [5, 5.41) is 16.6. The fourth-order valence-electron chi connectivity index (χ4n) is 2.87. The Kier molecular flexibility index (Phi) is 4.96. The van der Waals surface area contributed by atoms with E-state index in [9.17, 15) is 5.11 Å². The van der Waals surface area contributed by atoms with Gasteiger partial charge in [-0.3, -0.25) is 0 Å². The summed E-state index contributed by atoms with van der Waals surface area (Å²) in [6.07, 6.45) is 0.223. The van der Waals surface area contributed by atoms with E-state index in [-0.39, 0.29) is 6.04 Å². The van der Waals surface area contributed by atoms with E-state index < -0.39 is 6.10 Å². The van der Waals surface area contributed by atoms with Crippen LogP contribution in [0.2, 0.25) is 0 Å². The summed E-state index contributed by atoms with van der Waals surface area (Å²) in [7, 11) is 1.60. The number of hydrogen-bond donors (Lipinski definition) is 2. The molecule has 0 fully saturated rings. The molecule has 0 saturated carbocycles. The molecule has 0 aliphatic heterocycles. The van der Waals surface area contributed by atoms with E-state index in [2.05, 4.69) is 36.5 Å². The van der Waals surface area contributed by atoms with Crippen molar-refractivity contribution in [2.45, 2.75) is 25.5 Å². The third kappa shape index (κ3) is 3.55. The summed E-state index contributed by atoms with van der Waals surface area (Å²) < 4.78 is 10.9. The predicted molar refractivity (Wildman–Crippen MR) is 92.6 cm³/mol. The Bertz CT molecular complexity index is 780. The first kappa shape index (κ1) is 16.0. The summed E-state index contributed by atoms with van der Waals surface area (Å²) in [4.78, 5) is 0. The molecule has 1 heterocycles. The zero-order chi connectivity index (χ0) is 16.2. The minimum absolute atomic E-state index is 0.0934. The van der Waals surface area contributed by atoms with Gasteiger partial charge in [-0.2, -0.15) is 0 Å². The fourth-order valence-corrected chi connectivity index (χ4v) is 2.87. The molecule has 2 aromatic carbocycles. The number of aliphatic hydroxyl groups is 1. The van der Waals surface area contributed by atoms with Gasteiger partial charge in [-0.1, -0.05) is 30.3 Å². The van der Waals surface area contributed by atoms with Crippen molar-refractivity contribution in [3.8, 4) is 0 Å². The molecule has 2 unspecified atom stereocenters. The van der Waals surface area contributed by atoms with Crippen molar-refractivity contribution in [3.05, 3.63) is 48.2 Å². The number of nitrogens with one attached hydrogen (secondary N) is 1. The van der Waals surface area contributed by atoms with Crippen molar-refractivity contribution in [1.29, 1.82) is 0 Å². The number of hydrogen-bond acceptors (Lipinski definition) is 4. The molecule has 0 aliphatic rings. The quantitative estimate of drug-likeness (QED) is 0.699. The van der Waals surface area contributed by atoms with Crippen LogP contribution in [-0.4, -0.2) is 31.5 Å². The zero-order valence-corrected chi connectivity index (χ0v) is 13.6. The molecule has 0 radical (unpaired) electrons. The number of furan rings is 1. The van der Waals surface area contributed by atoms with Gasteiger partial charge in [0.05, 0.1) is 18.8 Å². The Balaban J connectivity index is 1.74. The Hall–Kier alpha value is -1.88. The molecular formula is C19H23NO3. The lowest BCUT2D eigenvalue weighted by atomic mass is 10.1. The van der Waals surface area contributed by atoms with E-state index in [1.165, 1.54) is 10.8 Å². The molecule has 3 rings (SSSR count). The predicted octanol–water partition coefficient (Wildman–Crippen LogP) is 3.63. The third-order valence-corrected chi connectivity index (χ3v) is 4.16. The average molecular weight is 313 g/mol. The standard InChI is InChI=1S/C19H23NO3/c1-13(20-10-9-15(21)12-22-2)19-11-17-16-6-4-3-5-14(16)7-8-18(17)23-19/h3-8,11,13,15,20-21H,9-10,12H2,1-2H3. The number of methoxy groups -OCH3 is 1. The zero-order valence-electron chi connectivity index (χ0n) is 13.6. The van der Waals surface area contributed by atoms with Crippen LogP contribution >= 0.6 is 0 Å². The third-order valence-electron chi connectivity index (χ3n) is 4.16. The summed E-state index contributed by atoms with van der Waals surface area (Å²) in [5.74, 6) is 0.914. The maximum Gasteiger partial charge on any atom is 0.135 e. The monoisotopic (exact) mass is 313 g/mol. The number of benzene rings is 2. The van der Waals surface area contributed by atoms with Crippen LogP contribution in [0.15, 0.2) is 46.9 Å². The molecular weight excluding hydrogens is 290 g/mol. The maximum atomic E-state index is 9.68. The lowest BCUT2D eigenvalue weighted by Crippen LogP contribution is -2.25. The van der Waals surface area contributed by atoms with Crippen molar-refractivity contribution in [2.24, 2.45) is 0 Å². The first-order valence-corrected chi connectivity index (χ1v) is 8.00. The molecule has 0 spiro atoms. The van der Waals surface area contributed by atoms with Crippen LogP contribution < -0.4 is 5.32 Å². The van der Waals surface area contributed by atoms with Crippen molar-refractivity contribution in [2.75, 3.05) is 20.3 Å². The number of rotatable bonds is 7. The van der Waals surface area contributed by atoms with Crippen LogP contribution in [-0.2, 0) is 4.74 Å². The first-order valence-electron chi connectivity index (χ1n) is 8.00. The van der Waals surface area contributed by atoms with E-state index in [0.29, 0.717) is 19.6 Å². The molecule has 0 aliphatic carbocycles. The summed E-state index contributed by atoms with van der Waals surface area (Å²) in [6, 6.07) is 14.6. The van der Waals surface area contributed by atoms with Crippen LogP contribution in [0.25, 0.3) is 21.7 Å². The van der Waals surface area contributed by atoms with Gasteiger partial charge in [0, 0.05) is 12.5 Å². The van der Waals surface area contributed by atoms with Crippen LogP contribution in [0.1, 0.15) is 25.1 Å². The Labute approximate surface area is 136 Å². The van der Waals surface area contributed by atoms with Crippen LogP contribution in [0, 0.1) is 0 Å². The fraction of sp³-hybridized carbons (Fsp3) is 0.368. The van der Waals surface area contributed by atoms with E-state index >= 15 is 0 Å². The van der Waals surface area contributed by atoms with Crippen LogP contribution in [0.3, 0.4) is 0 Å². The molecule has 1 aromatic heterocycles. The number of ether oxygens (including phenoxy) is 1. The van der Waals surface area contributed by atoms with Gasteiger partial charge in [-0.05, 0) is 42.8 Å². The molecule has 4 heteroatoms. The van der Waals surface area contributed by atoms with Crippen LogP contribution in [0.4, 0.5) is 0 Å². The molecule has 3 aromatic rings. The normalized spacial score (nSPS) is 14.4. The molecule has 0 saturated heterocycles. The van der Waals surface area contributed by atoms with Crippen molar-refractivity contribution >= 4 is 21.7 Å². The molecule has 0 bridgehead atoms. The summed E-state index contributed by atoms with van der Waals surface area (Å²) in [5.41, 5.74) is 0.909. The van der Waals surface area contributed by atoms with E-state index in [0.717, 1.165) is 16.7 Å². The molecule has 0 amide bonds. The molecule has 23 heavy (non-hydrogen) atoms. The van der Waals surface area contributed by atoms with Gasteiger partial charge >= 0.3 is 0 Å². The van der Waals surface area contributed by atoms with Gasteiger partial charge in [-0.25, -0.2) is 0 Å². The van der Waals surface area contributed by atoms with Crippen molar-refractivity contribution < 1.29 is 14.3 Å². The highest BCUT2D eigenvalue weighted by molar-refractivity contribution is 6.05. The Morgan fingerprint density at radius 1 is 1.17 bits per heavy atom. The van der Waals surface area contributed by atoms with E-state index in [1.807, 2.05) is 18.2 Å². The molecule has 122 valence electrons. The topological polar surface area (TPSA) is 54.6 Å². The lowest BCUT2D eigenvalue weighted by molar-refractivity contribution is 0.0589. The maximum absolute atomic E-state index is 9.68. The highest BCUT2D eigenvalue weighted by atomic mass is 16.5. The van der Waals surface area contributed by atoms with E-state index in [1.54, 1.807) is 7.11 Å². The number of aliphatic hydroxyl groups excluding tert-OH is 1. The minimum Gasteiger partial charge on any atom is -0.459 e. The van der Waals surface area contributed by atoms with Gasteiger partial charge < -0.3 is 19.6 Å². The largest absolute Gasteiger partial charge is 0.459 e. The lowest BCUT2D eigenvalue weighted by Gasteiger charge is -2.13. The van der Waals surface area contributed by atoms with Gasteiger partial charge in [0.25, 0.3) is 0 Å². The van der Waals surface area contributed by atoms with Gasteiger partial charge in [0.1, 0.15) is 11.3 Å². The second-order valence-electron chi connectivity index (χ2n) is 5.92. The van der Waals surface area contributed by atoms with Crippen LogP contribution in [0.5, 0.6) is 0 Å². The smallest absolute Gasteiger partial charge is 0.135 e. The second kappa shape index (κ2) is 7.13. The van der Waals surface area contributed by atoms with Crippen molar-refractivity contribution in [1.82, 2.24) is 5.32 Å². The van der Waals surface area contributed by atoms with Gasteiger partial charge in [0.2, 0.25) is 0 Å². The average Bonchev–Trinajstić information content (AvgIpc) is 3.00. The molecule has 4 nitrogen and oxygen atoms in total. The highest BCUT2D eigenvalue weighted by Crippen LogP contribution is 2.30. The number of fused-ring (bicyclic) bond motifs is 3. The summed E-state index contributed by atoms with van der Waals surface area (Å²) >= 11 is 0. The second-order valence-corrected chi connectivity index (χ2v) is 5.92. The molecule has 2 N–H and O–H groups in total. The van der Waals surface area contributed by atoms with Gasteiger partial charge in [0.15, 0.2) is 0 Å². The van der Waals surface area contributed by atoms with Gasteiger partial charge in [-0.15, -0.1) is 0 Å². The minimum atomic E-state index is -0.431. The summed E-state index contributed by atoms with van der Waals surface area (Å²) in [6.45, 7) is 3.15. The van der Waals surface area contributed by atoms with E-state index in [4.69, 9.17) is 9.15 Å². The van der Waals surface area contributed by atoms with Crippen molar-refractivity contribution in [3.63, 3.8) is 0 Å².